The van der Waals surface area contributed by atoms with Crippen molar-refractivity contribution in [3.05, 3.63) is 69.7 Å². The number of nitrogens with zero attached hydrogens (tertiary/aromatic N) is 1. The summed E-state index contributed by atoms with van der Waals surface area (Å²) >= 11 is 5.78. The maximum absolute atomic E-state index is 12.5. The van der Waals surface area contributed by atoms with Crippen LogP contribution in [0.4, 0.5) is 0 Å². The number of carbonyl (C=O) groups excluding carboxylic acids is 4. The van der Waals surface area contributed by atoms with E-state index in [1.165, 1.54) is 37.4 Å². The fourth-order valence-electron chi connectivity index (χ4n) is 2.92. The zero-order chi connectivity index (χ0) is 21.0. The second-order valence-electron chi connectivity index (χ2n) is 6.37. The van der Waals surface area contributed by atoms with E-state index < -0.39 is 24.4 Å². The molecule has 150 valence electrons. The predicted molar refractivity (Wildman–Crippen MR) is 104 cm³/mol. The van der Waals surface area contributed by atoms with Gasteiger partial charge in [-0.1, -0.05) is 11.6 Å². The molecule has 7 nitrogen and oxygen atoms in total. The summed E-state index contributed by atoms with van der Waals surface area (Å²) < 4.78 is 9.99. The van der Waals surface area contributed by atoms with E-state index in [0.717, 1.165) is 4.90 Å². The van der Waals surface area contributed by atoms with Crippen LogP contribution in [-0.2, 0) is 9.47 Å². The number of ether oxygens (including phenoxy) is 2. The average Bonchev–Trinajstić information content (AvgIpc) is 2.96. The first-order valence-electron chi connectivity index (χ1n) is 8.87. The number of methoxy groups -OCH3 is 1. The highest BCUT2D eigenvalue weighted by Crippen LogP contribution is 2.24. The summed E-state index contributed by atoms with van der Waals surface area (Å²) in [7, 11) is 1.54. The molecule has 0 N–H and O–H groups in total. The number of fused-ring (bicyclic) bond motifs is 1. The van der Waals surface area contributed by atoms with E-state index in [9.17, 15) is 19.2 Å². The Bertz CT molecular complexity index is 970. The van der Waals surface area contributed by atoms with Crippen molar-refractivity contribution in [2.75, 3.05) is 26.9 Å². The Morgan fingerprint density at radius 1 is 0.966 bits per heavy atom. The van der Waals surface area contributed by atoms with E-state index >= 15 is 0 Å². The van der Waals surface area contributed by atoms with Gasteiger partial charge in [-0.2, -0.15) is 0 Å². The lowest BCUT2D eigenvalue weighted by Gasteiger charge is -2.12. The van der Waals surface area contributed by atoms with Crippen LogP contribution < -0.4 is 0 Å². The lowest BCUT2D eigenvalue weighted by molar-refractivity contribution is 0.0474. The van der Waals surface area contributed by atoms with Gasteiger partial charge in [-0.05, 0) is 48.9 Å². The molecule has 0 radical (unpaired) electrons. The average molecular weight is 416 g/mol. The Morgan fingerprint density at radius 2 is 1.62 bits per heavy atom. The zero-order valence-corrected chi connectivity index (χ0v) is 16.4. The summed E-state index contributed by atoms with van der Waals surface area (Å²) in [6.07, 6.45) is 0.518. The Morgan fingerprint density at radius 3 is 2.31 bits per heavy atom. The molecule has 2 aromatic carbocycles. The molecule has 0 atom stereocenters. The summed E-state index contributed by atoms with van der Waals surface area (Å²) in [5.74, 6) is -2.01. The molecular weight excluding hydrogens is 398 g/mol. The summed E-state index contributed by atoms with van der Waals surface area (Å²) in [6.45, 7) is 0.204. The van der Waals surface area contributed by atoms with Crippen LogP contribution in [0.3, 0.4) is 0 Å². The van der Waals surface area contributed by atoms with Gasteiger partial charge in [-0.15, -0.1) is 0 Å². The number of hydrogen-bond acceptors (Lipinski definition) is 6. The smallest absolute Gasteiger partial charge is 0.338 e. The molecule has 0 saturated carbocycles. The first kappa shape index (κ1) is 20.7. The minimum absolute atomic E-state index is 0.0903. The molecule has 1 aliphatic rings. The number of amides is 2. The van der Waals surface area contributed by atoms with Gasteiger partial charge in [-0.25, -0.2) is 4.79 Å². The van der Waals surface area contributed by atoms with Crippen LogP contribution in [0.25, 0.3) is 0 Å². The number of halogens is 1. The van der Waals surface area contributed by atoms with Crippen molar-refractivity contribution in [3.8, 4) is 0 Å². The summed E-state index contributed by atoms with van der Waals surface area (Å²) in [4.78, 5) is 50.4. The van der Waals surface area contributed by atoms with Crippen LogP contribution in [-0.4, -0.2) is 55.3 Å². The van der Waals surface area contributed by atoms with Crippen LogP contribution in [0.5, 0.6) is 0 Å². The fourth-order valence-corrected chi connectivity index (χ4v) is 3.05. The molecule has 0 bridgehead atoms. The third-order valence-electron chi connectivity index (χ3n) is 4.44. The highest BCUT2D eigenvalue weighted by molar-refractivity contribution is 6.30. The van der Waals surface area contributed by atoms with Gasteiger partial charge >= 0.3 is 5.97 Å². The van der Waals surface area contributed by atoms with Crippen molar-refractivity contribution in [1.29, 1.82) is 0 Å². The molecule has 29 heavy (non-hydrogen) atoms. The van der Waals surface area contributed by atoms with Crippen molar-refractivity contribution >= 4 is 35.2 Å². The Hall–Kier alpha value is -3.03. The van der Waals surface area contributed by atoms with E-state index in [0.29, 0.717) is 23.6 Å². The maximum atomic E-state index is 12.5. The standard InChI is InChI=1S/C21H18ClNO6/c1-28-10-2-9-23-19(25)16-8-5-14(11-17(16)20(23)26)21(27)29-12-18(24)13-3-6-15(22)7-4-13/h3-8,11H,2,9-10,12H2,1H3. The number of imide groups is 1. The molecule has 0 spiro atoms. The van der Waals surface area contributed by atoms with Gasteiger partial charge in [0.05, 0.1) is 16.7 Å². The van der Waals surface area contributed by atoms with Crippen molar-refractivity contribution in [1.82, 2.24) is 4.90 Å². The second-order valence-corrected chi connectivity index (χ2v) is 6.81. The summed E-state index contributed by atoms with van der Waals surface area (Å²) in [5, 5.41) is 0.493. The highest BCUT2D eigenvalue weighted by Gasteiger charge is 2.35. The molecule has 1 heterocycles. The normalized spacial score (nSPS) is 12.8. The van der Waals surface area contributed by atoms with Crippen LogP contribution in [0.2, 0.25) is 5.02 Å². The molecule has 3 rings (SSSR count). The van der Waals surface area contributed by atoms with Crippen LogP contribution in [0.1, 0.15) is 47.9 Å². The molecule has 1 aliphatic heterocycles. The second kappa shape index (κ2) is 8.98. The lowest BCUT2D eigenvalue weighted by atomic mass is 10.1. The van der Waals surface area contributed by atoms with E-state index in [1.54, 1.807) is 12.1 Å². The minimum atomic E-state index is -0.756. The fraction of sp³-hybridized carbons (Fsp3) is 0.238. The Kier molecular flexibility index (Phi) is 6.41. The van der Waals surface area contributed by atoms with Crippen molar-refractivity contribution in [2.45, 2.75) is 6.42 Å². The van der Waals surface area contributed by atoms with Gasteiger partial charge < -0.3 is 9.47 Å². The molecular formula is C21H18ClNO6. The Balaban J connectivity index is 1.66. The largest absolute Gasteiger partial charge is 0.454 e. The van der Waals surface area contributed by atoms with Gasteiger partial charge in [0.1, 0.15) is 0 Å². The Labute approximate surface area is 172 Å². The van der Waals surface area contributed by atoms with Gasteiger partial charge in [0, 0.05) is 30.8 Å². The number of benzene rings is 2. The third-order valence-corrected chi connectivity index (χ3v) is 4.69. The number of rotatable bonds is 8. The van der Waals surface area contributed by atoms with Gasteiger partial charge in [0.2, 0.25) is 0 Å². The van der Waals surface area contributed by atoms with Crippen molar-refractivity contribution in [2.24, 2.45) is 0 Å². The summed E-state index contributed by atoms with van der Waals surface area (Å²) in [6, 6.07) is 10.4. The monoisotopic (exact) mass is 415 g/mol. The topological polar surface area (TPSA) is 90.0 Å². The van der Waals surface area contributed by atoms with Gasteiger partial charge in [0.25, 0.3) is 11.8 Å². The van der Waals surface area contributed by atoms with E-state index in [2.05, 4.69) is 0 Å². The van der Waals surface area contributed by atoms with E-state index in [-0.39, 0.29) is 29.0 Å². The highest BCUT2D eigenvalue weighted by atomic mass is 35.5. The van der Waals surface area contributed by atoms with Gasteiger partial charge in [0.15, 0.2) is 12.4 Å². The quantitative estimate of drug-likeness (QED) is 0.285. The molecule has 0 unspecified atom stereocenters. The number of esters is 1. The minimum Gasteiger partial charge on any atom is -0.454 e. The molecule has 0 saturated heterocycles. The molecule has 8 heteroatoms. The first-order chi connectivity index (χ1) is 13.9. The van der Waals surface area contributed by atoms with Crippen LogP contribution in [0.15, 0.2) is 42.5 Å². The van der Waals surface area contributed by atoms with Crippen LogP contribution >= 0.6 is 11.6 Å². The molecule has 2 amide bonds. The number of ketones is 1. The first-order valence-corrected chi connectivity index (χ1v) is 9.25. The van der Waals surface area contributed by atoms with Crippen LogP contribution in [0, 0.1) is 0 Å². The number of Topliss-reactive ketones (excluding diaryl/α,β-unsaturated/α-hetero) is 1. The summed E-state index contributed by atoms with van der Waals surface area (Å²) in [5.41, 5.74) is 0.836. The van der Waals surface area contributed by atoms with Gasteiger partial charge in [-0.3, -0.25) is 19.3 Å². The maximum Gasteiger partial charge on any atom is 0.338 e. The molecule has 2 aromatic rings. The van der Waals surface area contributed by atoms with E-state index in [4.69, 9.17) is 21.1 Å². The molecule has 0 fully saturated rings. The number of carbonyl (C=O) groups is 4. The third kappa shape index (κ3) is 4.52. The molecule has 0 aliphatic carbocycles. The zero-order valence-electron chi connectivity index (χ0n) is 15.6. The van der Waals surface area contributed by atoms with Crippen molar-refractivity contribution < 1.29 is 28.7 Å². The predicted octanol–water partition coefficient (Wildman–Crippen LogP) is 3.01. The van der Waals surface area contributed by atoms with E-state index in [1.807, 2.05) is 0 Å². The lowest BCUT2D eigenvalue weighted by Crippen LogP contribution is -2.31. The molecule has 0 aromatic heterocycles. The van der Waals surface area contributed by atoms with Crippen molar-refractivity contribution in [3.63, 3.8) is 0 Å². The number of hydrogen-bond donors (Lipinski definition) is 0. The SMILES string of the molecule is COCCCN1C(=O)c2ccc(C(=O)OCC(=O)c3ccc(Cl)cc3)cc2C1=O.